The minimum Gasteiger partial charge on any atom is -0.496 e. The number of nitrogens with one attached hydrogen (secondary N) is 2. The van der Waals surface area contributed by atoms with Crippen molar-refractivity contribution in [1.82, 2.24) is 15.7 Å². The number of ether oxygens (including phenoxy) is 1. The molecular weight excluding hydrogens is 465 g/mol. The lowest BCUT2D eigenvalue weighted by molar-refractivity contribution is -0.137. The van der Waals surface area contributed by atoms with Crippen molar-refractivity contribution in [3.05, 3.63) is 46.7 Å². The van der Waals surface area contributed by atoms with Gasteiger partial charge < -0.3 is 10.1 Å². The van der Waals surface area contributed by atoms with Gasteiger partial charge in [0.05, 0.1) is 24.1 Å². The van der Waals surface area contributed by atoms with Crippen molar-refractivity contribution in [3.8, 4) is 28.7 Å². The van der Waals surface area contributed by atoms with E-state index in [2.05, 4.69) is 27.6 Å². The molecule has 0 saturated heterocycles. The molecule has 3 rings (SSSR count). The van der Waals surface area contributed by atoms with Crippen molar-refractivity contribution in [1.29, 1.82) is 0 Å². The SMILES string of the molecule is COc1ccc(C(F)(F)F)cc1-c1cc(Cl)ncc1C(=O)NCSC(C#CC1CC1)NN. The zero-order valence-corrected chi connectivity index (χ0v) is 18.5. The van der Waals surface area contributed by atoms with Crippen LogP contribution >= 0.6 is 23.4 Å². The molecular formula is C21H20ClF3N4O2S. The molecule has 11 heteroatoms. The number of thioether (sulfide) groups is 1. The van der Waals surface area contributed by atoms with Gasteiger partial charge in [0.1, 0.15) is 16.3 Å². The minimum absolute atomic E-state index is 0.0214. The molecule has 2 aromatic rings. The number of alkyl halides is 3. The molecule has 0 spiro atoms. The van der Waals surface area contributed by atoms with Gasteiger partial charge in [0.2, 0.25) is 0 Å². The van der Waals surface area contributed by atoms with Crippen LogP contribution in [-0.4, -0.2) is 29.3 Å². The number of amides is 1. The number of pyridine rings is 1. The molecule has 1 fully saturated rings. The van der Waals surface area contributed by atoms with Crippen molar-refractivity contribution in [3.63, 3.8) is 0 Å². The number of benzene rings is 1. The van der Waals surface area contributed by atoms with Gasteiger partial charge in [-0.3, -0.25) is 10.6 Å². The van der Waals surface area contributed by atoms with Gasteiger partial charge in [0.15, 0.2) is 0 Å². The van der Waals surface area contributed by atoms with E-state index in [1.165, 1.54) is 37.2 Å². The molecule has 0 aliphatic heterocycles. The zero-order valence-electron chi connectivity index (χ0n) is 16.9. The van der Waals surface area contributed by atoms with E-state index < -0.39 is 17.6 Å². The summed E-state index contributed by atoms with van der Waals surface area (Å²) >= 11 is 7.25. The first-order valence-electron chi connectivity index (χ1n) is 9.51. The van der Waals surface area contributed by atoms with Crippen LogP contribution in [0.2, 0.25) is 5.15 Å². The molecule has 0 radical (unpaired) electrons. The zero-order chi connectivity index (χ0) is 23.3. The molecule has 1 saturated carbocycles. The maximum Gasteiger partial charge on any atom is 0.416 e. The minimum atomic E-state index is -4.57. The number of rotatable bonds is 7. The third kappa shape index (κ3) is 6.29. The van der Waals surface area contributed by atoms with E-state index in [1.54, 1.807) is 0 Å². The van der Waals surface area contributed by atoms with Crippen LogP contribution in [0, 0.1) is 17.8 Å². The summed E-state index contributed by atoms with van der Waals surface area (Å²) in [4.78, 5) is 16.7. The van der Waals surface area contributed by atoms with Crippen LogP contribution < -0.4 is 21.3 Å². The fraction of sp³-hybridized carbons (Fsp3) is 0.333. The smallest absolute Gasteiger partial charge is 0.416 e. The van der Waals surface area contributed by atoms with Crippen LogP contribution in [0.25, 0.3) is 11.1 Å². The fourth-order valence-corrected chi connectivity index (χ4v) is 3.55. The topological polar surface area (TPSA) is 89.3 Å². The summed E-state index contributed by atoms with van der Waals surface area (Å²) in [5, 5.41) is 2.34. The number of hydrazine groups is 1. The van der Waals surface area contributed by atoms with Crippen LogP contribution in [-0.2, 0) is 6.18 Å². The van der Waals surface area contributed by atoms with Crippen LogP contribution in [0.1, 0.15) is 28.8 Å². The van der Waals surface area contributed by atoms with Crippen molar-refractivity contribution >= 4 is 29.3 Å². The summed E-state index contributed by atoms with van der Waals surface area (Å²) in [6.45, 7) is 0. The van der Waals surface area contributed by atoms with Crippen molar-refractivity contribution < 1.29 is 22.7 Å². The van der Waals surface area contributed by atoms with E-state index in [0.717, 1.165) is 25.0 Å². The highest BCUT2D eigenvalue weighted by Crippen LogP contribution is 2.39. The Morgan fingerprint density at radius 3 is 2.75 bits per heavy atom. The van der Waals surface area contributed by atoms with Crippen molar-refractivity contribution in [2.75, 3.05) is 13.0 Å². The Morgan fingerprint density at radius 2 is 2.12 bits per heavy atom. The Morgan fingerprint density at radius 1 is 1.38 bits per heavy atom. The molecule has 1 amide bonds. The normalized spacial score (nSPS) is 14.3. The molecule has 1 aliphatic carbocycles. The van der Waals surface area contributed by atoms with Gasteiger partial charge in [-0.15, -0.1) is 11.8 Å². The highest BCUT2D eigenvalue weighted by Gasteiger charge is 2.32. The van der Waals surface area contributed by atoms with E-state index in [9.17, 15) is 18.0 Å². The molecule has 1 aromatic heterocycles. The highest BCUT2D eigenvalue weighted by molar-refractivity contribution is 8.00. The standard InChI is InChI=1S/C21H20ClF3N4O2S/c1-31-17-6-5-13(21(23,24)25)8-15(17)14-9-18(22)27-10-16(14)20(30)28-11-32-19(29-26)7-4-12-2-3-12/h5-6,8-10,12,19,29H,2-3,11,26H2,1H3,(H,28,30). The van der Waals surface area contributed by atoms with E-state index in [4.69, 9.17) is 22.2 Å². The first-order valence-corrected chi connectivity index (χ1v) is 10.9. The Hall–Kier alpha value is -2.45. The lowest BCUT2D eigenvalue weighted by Gasteiger charge is -2.16. The van der Waals surface area contributed by atoms with E-state index >= 15 is 0 Å². The lowest BCUT2D eigenvalue weighted by atomic mass is 9.98. The average molecular weight is 485 g/mol. The number of carbonyl (C=O) groups is 1. The first-order chi connectivity index (χ1) is 15.2. The van der Waals surface area contributed by atoms with Crippen molar-refractivity contribution in [2.45, 2.75) is 24.4 Å². The van der Waals surface area contributed by atoms with Crippen LogP contribution in [0.3, 0.4) is 0 Å². The number of methoxy groups -OCH3 is 1. The Bertz CT molecular complexity index is 1050. The fourth-order valence-electron chi connectivity index (χ4n) is 2.77. The number of hydrogen-bond donors (Lipinski definition) is 3. The quantitative estimate of drug-likeness (QED) is 0.181. The second kappa shape index (κ2) is 10.4. The lowest BCUT2D eigenvalue weighted by Crippen LogP contribution is -2.34. The molecule has 6 nitrogen and oxygen atoms in total. The summed E-state index contributed by atoms with van der Waals surface area (Å²) in [6, 6.07) is 4.34. The Balaban J connectivity index is 1.83. The van der Waals surface area contributed by atoms with E-state index in [1.807, 2.05) is 0 Å². The summed E-state index contributed by atoms with van der Waals surface area (Å²) in [6.07, 6.45) is -1.19. The summed E-state index contributed by atoms with van der Waals surface area (Å²) in [7, 11) is 1.33. The van der Waals surface area contributed by atoms with Gasteiger partial charge in [-0.05, 0) is 37.1 Å². The van der Waals surface area contributed by atoms with Gasteiger partial charge in [-0.25, -0.2) is 10.4 Å². The van der Waals surface area contributed by atoms with Gasteiger partial charge >= 0.3 is 6.18 Å². The molecule has 0 bridgehead atoms. The second-order valence-corrected chi connectivity index (χ2v) is 8.37. The van der Waals surface area contributed by atoms with Crippen LogP contribution in [0.15, 0.2) is 30.5 Å². The predicted octanol–water partition coefficient (Wildman–Crippen LogP) is 4.05. The predicted molar refractivity (Wildman–Crippen MR) is 118 cm³/mol. The number of halogens is 4. The van der Waals surface area contributed by atoms with Gasteiger partial charge in [-0.1, -0.05) is 23.4 Å². The van der Waals surface area contributed by atoms with E-state index in [0.29, 0.717) is 5.92 Å². The summed E-state index contributed by atoms with van der Waals surface area (Å²) in [5.74, 6) is 11.8. The molecule has 1 aliphatic rings. The van der Waals surface area contributed by atoms with Crippen molar-refractivity contribution in [2.24, 2.45) is 11.8 Å². The Kier molecular flexibility index (Phi) is 7.90. The maximum absolute atomic E-state index is 13.3. The highest BCUT2D eigenvalue weighted by atomic mass is 35.5. The number of carbonyl (C=O) groups excluding carboxylic acids is 1. The molecule has 170 valence electrons. The summed E-state index contributed by atoms with van der Waals surface area (Å²) < 4.78 is 45.0. The molecule has 1 unspecified atom stereocenters. The first kappa shape index (κ1) is 24.2. The monoisotopic (exact) mass is 484 g/mol. The number of hydrogen-bond acceptors (Lipinski definition) is 6. The van der Waals surface area contributed by atoms with Gasteiger partial charge in [0.25, 0.3) is 5.91 Å². The Labute approximate surface area is 192 Å². The maximum atomic E-state index is 13.3. The number of aromatic nitrogens is 1. The number of nitrogens with two attached hydrogens (primary N) is 1. The summed E-state index contributed by atoms with van der Waals surface area (Å²) in [5.41, 5.74) is 1.97. The van der Waals surface area contributed by atoms with Crippen LogP contribution in [0.5, 0.6) is 5.75 Å². The molecule has 32 heavy (non-hydrogen) atoms. The van der Waals surface area contributed by atoms with Gasteiger partial charge in [-0.2, -0.15) is 13.2 Å². The molecule has 4 N–H and O–H groups in total. The molecule has 1 aromatic carbocycles. The molecule has 1 atom stereocenters. The third-order valence-electron chi connectivity index (χ3n) is 4.56. The van der Waals surface area contributed by atoms with Gasteiger partial charge in [0, 0.05) is 23.2 Å². The largest absolute Gasteiger partial charge is 0.496 e. The van der Waals surface area contributed by atoms with Crippen LogP contribution in [0.4, 0.5) is 13.2 Å². The average Bonchev–Trinajstić information content (AvgIpc) is 3.59. The third-order valence-corrected chi connectivity index (χ3v) is 5.67. The number of nitrogens with zero attached hydrogens (tertiary/aromatic N) is 1. The second-order valence-electron chi connectivity index (χ2n) is 6.89. The van der Waals surface area contributed by atoms with E-state index in [-0.39, 0.29) is 38.8 Å². The molecule has 1 heterocycles.